The third-order valence-corrected chi connectivity index (χ3v) is 2.19. The first kappa shape index (κ1) is 7.35. The normalized spacial score (nSPS) is 14.7. The highest BCUT2D eigenvalue weighted by Gasteiger charge is 2.11. The van der Waals surface area contributed by atoms with Crippen LogP contribution in [0.15, 0.2) is 18.2 Å². The van der Waals surface area contributed by atoms with Gasteiger partial charge in [0.25, 0.3) is 0 Å². The molecule has 0 spiro atoms. The topological polar surface area (TPSA) is 29.1 Å². The van der Waals surface area contributed by atoms with E-state index >= 15 is 0 Å². The fourth-order valence-electron chi connectivity index (χ4n) is 1.59. The minimum absolute atomic E-state index is 0.659. The molecule has 2 rings (SSSR count). The van der Waals surface area contributed by atoms with E-state index < -0.39 is 0 Å². The van der Waals surface area contributed by atoms with Gasteiger partial charge in [0.2, 0.25) is 6.29 Å². The van der Waals surface area contributed by atoms with E-state index in [1.807, 2.05) is 12.4 Å². The van der Waals surface area contributed by atoms with E-state index in [0.29, 0.717) is 5.56 Å². The first-order valence-electron chi connectivity index (χ1n) is 4.16. The van der Waals surface area contributed by atoms with E-state index in [-0.39, 0.29) is 0 Å². The molecule has 1 aliphatic heterocycles. The lowest BCUT2D eigenvalue weighted by Gasteiger charge is -2.18. The van der Waals surface area contributed by atoms with Crippen LogP contribution in [0.5, 0.6) is 0 Å². The van der Waals surface area contributed by atoms with Crippen LogP contribution in [0.1, 0.15) is 17.5 Å². The lowest BCUT2D eigenvalue weighted by atomic mass is 10.0. The number of fused-ring (bicyclic) bond motifs is 1. The molecule has 2 nitrogen and oxygen atoms in total. The summed E-state index contributed by atoms with van der Waals surface area (Å²) in [6.45, 7) is 0.964. The summed E-state index contributed by atoms with van der Waals surface area (Å²) in [4.78, 5) is 10.5. The Hall–Kier alpha value is -1.31. The van der Waals surface area contributed by atoms with E-state index in [1.54, 1.807) is 6.07 Å². The maximum absolute atomic E-state index is 10.5. The molecule has 0 aliphatic carbocycles. The van der Waals surface area contributed by atoms with Gasteiger partial charge in [-0.2, -0.15) is 0 Å². The number of hydrogen-bond donors (Lipinski definition) is 1. The van der Waals surface area contributed by atoms with Crippen molar-refractivity contribution in [1.29, 1.82) is 0 Å². The molecule has 1 N–H and O–H groups in total. The van der Waals surface area contributed by atoms with Crippen LogP contribution >= 0.6 is 0 Å². The first-order valence-corrected chi connectivity index (χ1v) is 4.16. The molecule has 0 bridgehead atoms. The third kappa shape index (κ3) is 1.09. The van der Waals surface area contributed by atoms with Gasteiger partial charge in [-0.1, -0.05) is 12.1 Å². The van der Waals surface area contributed by atoms with Crippen LogP contribution in [0.3, 0.4) is 0 Å². The number of anilines is 1. The molecular formula is C10H10NO. The second kappa shape index (κ2) is 2.97. The molecule has 1 aromatic carbocycles. The maximum atomic E-state index is 10.5. The standard InChI is InChI=1S/C10H10NO/c12-7-9-4-1-3-8-5-2-6-11-10(8)9/h1,3-4,11H,2,5-6H2. The summed E-state index contributed by atoms with van der Waals surface area (Å²) in [7, 11) is 0. The van der Waals surface area contributed by atoms with Gasteiger partial charge in [-0.3, -0.25) is 4.79 Å². The molecular weight excluding hydrogens is 150 g/mol. The van der Waals surface area contributed by atoms with Crippen LogP contribution in [-0.2, 0) is 11.2 Å². The van der Waals surface area contributed by atoms with Crippen molar-refractivity contribution in [3.05, 3.63) is 29.3 Å². The molecule has 12 heavy (non-hydrogen) atoms. The number of benzene rings is 1. The van der Waals surface area contributed by atoms with E-state index in [0.717, 1.165) is 25.1 Å². The zero-order valence-corrected chi connectivity index (χ0v) is 6.76. The van der Waals surface area contributed by atoms with Gasteiger partial charge in [-0.25, -0.2) is 0 Å². The van der Waals surface area contributed by atoms with Crippen LogP contribution in [0, 0.1) is 0 Å². The highest BCUT2D eigenvalue weighted by Crippen LogP contribution is 2.24. The Morgan fingerprint density at radius 2 is 2.33 bits per heavy atom. The van der Waals surface area contributed by atoms with E-state index in [2.05, 4.69) is 11.4 Å². The monoisotopic (exact) mass is 160 g/mol. The van der Waals surface area contributed by atoms with Gasteiger partial charge in [0.05, 0.1) is 0 Å². The average molecular weight is 160 g/mol. The van der Waals surface area contributed by atoms with Gasteiger partial charge >= 0.3 is 0 Å². The van der Waals surface area contributed by atoms with Crippen molar-refractivity contribution in [2.24, 2.45) is 0 Å². The number of carbonyl (C=O) groups excluding carboxylic acids is 1. The van der Waals surface area contributed by atoms with Crippen LogP contribution in [0.2, 0.25) is 0 Å². The van der Waals surface area contributed by atoms with E-state index in [9.17, 15) is 4.79 Å². The van der Waals surface area contributed by atoms with Crippen LogP contribution in [0.25, 0.3) is 0 Å². The second-order valence-electron chi connectivity index (χ2n) is 2.97. The molecule has 0 aromatic heterocycles. The predicted octanol–water partition coefficient (Wildman–Crippen LogP) is 1.50. The van der Waals surface area contributed by atoms with Crippen molar-refractivity contribution in [3.63, 3.8) is 0 Å². The number of nitrogens with one attached hydrogen (secondary N) is 1. The first-order chi connectivity index (χ1) is 5.92. The Balaban J connectivity index is 2.51. The van der Waals surface area contributed by atoms with Gasteiger partial charge < -0.3 is 5.32 Å². The zero-order valence-electron chi connectivity index (χ0n) is 6.76. The Labute approximate surface area is 71.6 Å². The molecule has 0 saturated heterocycles. The molecule has 0 unspecified atom stereocenters. The average Bonchev–Trinajstić information content (AvgIpc) is 2.17. The zero-order chi connectivity index (χ0) is 8.39. The summed E-state index contributed by atoms with van der Waals surface area (Å²) < 4.78 is 0. The van der Waals surface area contributed by atoms with Gasteiger partial charge in [0.1, 0.15) is 0 Å². The summed E-state index contributed by atoms with van der Waals surface area (Å²) in [5.74, 6) is 0. The van der Waals surface area contributed by atoms with Crippen molar-refractivity contribution < 1.29 is 4.79 Å². The van der Waals surface area contributed by atoms with Crippen molar-refractivity contribution in [2.75, 3.05) is 11.9 Å². The lowest BCUT2D eigenvalue weighted by Crippen LogP contribution is -2.13. The summed E-state index contributed by atoms with van der Waals surface area (Å²) >= 11 is 0. The minimum atomic E-state index is 0.659. The molecule has 1 aliphatic rings. The van der Waals surface area contributed by atoms with Crippen molar-refractivity contribution >= 4 is 12.0 Å². The van der Waals surface area contributed by atoms with Gasteiger partial charge in [-0.15, -0.1) is 0 Å². The minimum Gasteiger partial charge on any atom is -0.384 e. The molecule has 0 amide bonds. The summed E-state index contributed by atoms with van der Waals surface area (Å²) in [6, 6.07) is 5.76. The van der Waals surface area contributed by atoms with Crippen LogP contribution in [0.4, 0.5) is 5.69 Å². The van der Waals surface area contributed by atoms with E-state index in [4.69, 9.17) is 0 Å². The highest BCUT2D eigenvalue weighted by molar-refractivity contribution is 5.86. The fraction of sp³-hybridized carbons (Fsp3) is 0.300. The van der Waals surface area contributed by atoms with Gasteiger partial charge in [0, 0.05) is 17.8 Å². The molecule has 0 saturated carbocycles. The van der Waals surface area contributed by atoms with Gasteiger partial charge in [-0.05, 0) is 24.5 Å². The smallest absolute Gasteiger partial charge is 0.235 e. The number of rotatable bonds is 1. The molecule has 0 fully saturated rings. The molecule has 61 valence electrons. The number of aryl methyl sites for hydroxylation is 1. The van der Waals surface area contributed by atoms with Crippen molar-refractivity contribution in [2.45, 2.75) is 12.8 Å². The molecule has 1 radical (unpaired) electrons. The molecule has 1 aromatic rings. The quantitative estimate of drug-likeness (QED) is 0.674. The SMILES string of the molecule is O=[C]c1cccc2c1NCCC2. The fourth-order valence-corrected chi connectivity index (χ4v) is 1.59. The van der Waals surface area contributed by atoms with Crippen LogP contribution in [-0.4, -0.2) is 12.8 Å². The number of hydrogen-bond acceptors (Lipinski definition) is 2. The highest BCUT2D eigenvalue weighted by atomic mass is 16.1. The van der Waals surface area contributed by atoms with E-state index in [1.165, 1.54) is 5.56 Å². The summed E-state index contributed by atoms with van der Waals surface area (Å²) in [5, 5.41) is 3.22. The largest absolute Gasteiger partial charge is 0.384 e. The molecule has 2 heteroatoms. The molecule has 1 heterocycles. The predicted molar refractivity (Wildman–Crippen MR) is 48.0 cm³/mol. The van der Waals surface area contributed by atoms with Gasteiger partial charge in [0.15, 0.2) is 0 Å². The Kier molecular flexibility index (Phi) is 1.82. The van der Waals surface area contributed by atoms with Crippen LogP contribution < -0.4 is 5.32 Å². The Bertz CT molecular complexity index is 307. The Morgan fingerprint density at radius 3 is 3.17 bits per heavy atom. The molecule has 0 atom stereocenters. The number of para-hydroxylation sites is 1. The third-order valence-electron chi connectivity index (χ3n) is 2.19. The lowest BCUT2D eigenvalue weighted by molar-refractivity contribution is 0.562. The van der Waals surface area contributed by atoms with Crippen molar-refractivity contribution in [1.82, 2.24) is 0 Å². The maximum Gasteiger partial charge on any atom is 0.235 e. The second-order valence-corrected chi connectivity index (χ2v) is 2.97. The Morgan fingerprint density at radius 1 is 1.42 bits per heavy atom. The summed E-state index contributed by atoms with van der Waals surface area (Å²) in [6.07, 6.45) is 4.16. The summed E-state index contributed by atoms with van der Waals surface area (Å²) in [5.41, 5.74) is 2.88. The van der Waals surface area contributed by atoms with Crippen molar-refractivity contribution in [3.8, 4) is 0 Å².